The molecule has 5 heteroatoms. The monoisotopic (exact) mass is 440 g/mol. The largest absolute Gasteiger partial charge is 0.574 e. The number of aryl methyl sites for hydroxylation is 2. The van der Waals surface area contributed by atoms with Crippen LogP contribution in [0.15, 0.2) is 114 Å². The highest BCUT2D eigenvalue weighted by atomic mass is 32.2. The predicted molar refractivity (Wildman–Crippen MR) is 128 cm³/mol. The smallest absolute Gasteiger partial charge is 0.218 e. The molecule has 160 valence electrons. The molecular formula is C27H24N2O2S. The quantitative estimate of drug-likeness (QED) is 0.352. The van der Waals surface area contributed by atoms with Crippen LogP contribution < -0.4 is 4.57 Å². The maximum Gasteiger partial charge on any atom is 0.218 e. The molecule has 3 aromatic carbocycles. The molecule has 32 heavy (non-hydrogen) atoms. The maximum atomic E-state index is 12.9. The van der Waals surface area contributed by atoms with Crippen molar-refractivity contribution in [3.05, 3.63) is 131 Å². The standard InChI is InChI=1S/C27H24N2O2S/c1-21-13-15-25(16-14-21)32(30,31)28-20-27(24-11-7-4-8-12-24)29-18-17-22(2)19-26(29)23-9-5-3-6-10-23/h3-20H,1-2H3/b27-20-. The van der Waals surface area contributed by atoms with E-state index in [1.165, 1.54) is 6.20 Å². The van der Waals surface area contributed by atoms with E-state index in [9.17, 15) is 8.42 Å². The van der Waals surface area contributed by atoms with E-state index >= 15 is 0 Å². The lowest BCUT2D eigenvalue weighted by atomic mass is 10.1. The summed E-state index contributed by atoms with van der Waals surface area (Å²) in [6.45, 7) is 3.95. The Balaban J connectivity index is 1.84. The molecule has 1 aromatic heterocycles. The van der Waals surface area contributed by atoms with Crippen molar-refractivity contribution in [3.63, 3.8) is 0 Å². The first-order valence-electron chi connectivity index (χ1n) is 10.3. The van der Waals surface area contributed by atoms with Gasteiger partial charge in [0, 0.05) is 23.3 Å². The average Bonchev–Trinajstić information content (AvgIpc) is 2.81. The van der Waals surface area contributed by atoms with Crippen LogP contribution in [0.1, 0.15) is 16.7 Å². The molecule has 0 saturated carbocycles. The zero-order valence-electron chi connectivity index (χ0n) is 18.0. The van der Waals surface area contributed by atoms with E-state index in [1.807, 2.05) is 91.3 Å². The SMILES string of the molecule is Cc1ccc(S(=O)(=O)[N-]/C=C(/c2ccccc2)[n+]2ccc(C)cc2-c2ccccc2)cc1. The molecule has 0 unspecified atom stereocenters. The van der Waals surface area contributed by atoms with Crippen molar-refractivity contribution in [2.75, 3.05) is 0 Å². The summed E-state index contributed by atoms with van der Waals surface area (Å²) >= 11 is 0. The van der Waals surface area contributed by atoms with Crippen LogP contribution in [0.5, 0.6) is 0 Å². The fraction of sp³-hybridized carbons (Fsp3) is 0.0741. The zero-order valence-corrected chi connectivity index (χ0v) is 18.8. The fourth-order valence-corrected chi connectivity index (χ4v) is 4.26. The van der Waals surface area contributed by atoms with Gasteiger partial charge in [0.2, 0.25) is 5.69 Å². The van der Waals surface area contributed by atoms with Gasteiger partial charge in [0.05, 0.1) is 4.90 Å². The second kappa shape index (κ2) is 9.20. The van der Waals surface area contributed by atoms with Gasteiger partial charge in [0.1, 0.15) is 10.0 Å². The van der Waals surface area contributed by atoms with Crippen LogP contribution >= 0.6 is 0 Å². The van der Waals surface area contributed by atoms with Gasteiger partial charge in [-0.25, -0.2) is 8.42 Å². The minimum atomic E-state index is -3.84. The number of hydrogen-bond donors (Lipinski definition) is 0. The molecule has 0 aliphatic rings. The minimum absolute atomic E-state index is 0.170. The summed E-state index contributed by atoms with van der Waals surface area (Å²) < 4.78 is 31.8. The fourth-order valence-electron chi connectivity index (χ4n) is 3.42. The summed E-state index contributed by atoms with van der Waals surface area (Å²) in [4.78, 5) is 0.170. The van der Waals surface area contributed by atoms with Gasteiger partial charge < -0.3 is 4.72 Å². The summed E-state index contributed by atoms with van der Waals surface area (Å²) in [5.74, 6) is 0. The van der Waals surface area contributed by atoms with E-state index in [2.05, 4.69) is 10.8 Å². The Morgan fingerprint density at radius 1 is 0.781 bits per heavy atom. The van der Waals surface area contributed by atoms with E-state index in [1.54, 1.807) is 24.3 Å². The zero-order chi connectivity index (χ0) is 22.6. The average molecular weight is 441 g/mol. The van der Waals surface area contributed by atoms with Gasteiger partial charge in [-0.1, -0.05) is 60.3 Å². The van der Waals surface area contributed by atoms with Crippen LogP contribution in [0.2, 0.25) is 0 Å². The number of benzene rings is 3. The molecule has 0 radical (unpaired) electrons. The molecule has 4 aromatic rings. The van der Waals surface area contributed by atoms with E-state index in [-0.39, 0.29) is 4.90 Å². The summed E-state index contributed by atoms with van der Waals surface area (Å²) in [5.41, 5.74) is 5.61. The highest BCUT2D eigenvalue weighted by Crippen LogP contribution is 2.24. The third-order valence-corrected chi connectivity index (χ3v) is 6.39. The first kappa shape index (κ1) is 21.5. The third kappa shape index (κ3) is 4.79. The van der Waals surface area contributed by atoms with E-state index in [4.69, 9.17) is 0 Å². The third-order valence-electron chi connectivity index (χ3n) is 5.14. The Morgan fingerprint density at radius 2 is 1.41 bits per heavy atom. The topological polar surface area (TPSA) is 52.1 Å². The first-order chi connectivity index (χ1) is 15.4. The van der Waals surface area contributed by atoms with Crippen molar-refractivity contribution in [2.24, 2.45) is 0 Å². The normalized spacial score (nSPS) is 11.9. The van der Waals surface area contributed by atoms with Crippen LogP contribution in [0.25, 0.3) is 21.7 Å². The summed E-state index contributed by atoms with van der Waals surface area (Å²) in [5, 5.41) is 0. The molecule has 1 heterocycles. The minimum Gasteiger partial charge on any atom is -0.574 e. The molecule has 0 aliphatic carbocycles. The molecule has 0 bridgehead atoms. The van der Waals surface area contributed by atoms with Crippen molar-refractivity contribution in [1.29, 1.82) is 0 Å². The van der Waals surface area contributed by atoms with Crippen molar-refractivity contribution in [2.45, 2.75) is 18.7 Å². The Morgan fingerprint density at radius 3 is 2.06 bits per heavy atom. The molecule has 4 nitrogen and oxygen atoms in total. The maximum absolute atomic E-state index is 12.9. The Kier molecular flexibility index (Phi) is 6.19. The van der Waals surface area contributed by atoms with Gasteiger partial charge in [-0.15, -0.1) is 0 Å². The molecule has 0 aliphatic heterocycles. The molecule has 4 rings (SSSR count). The van der Waals surface area contributed by atoms with Crippen molar-refractivity contribution in [3.8, 4) is 11.3 Å². The summed E-state index contributed by atoms with van der Waals surface area (Å²) in [6.07, 6.45) is 3.39. The lowest BCUT2D eigenvalue weighted by Gasteiger charge is -2.18. The van der Waals surface area contributed by atoms with Gasteiger partial charge in [-0.05, 0) is 55.8 Å². The van der Waals surface area contributed by atoms with Crippen LogP contribution in [0, 0.1) is 13.8 Å². The number of hydrogen-bond acceptors (Lipinski definition) is 2. The predicted octanol–water partition coefficient (Wildman–Crippen LogP) is 5.87. The first-order valence-corrected chi connectivity index (χ1v) is 11.8. The van der Waals surface area contributed by atoms with Crippen LogP contribution in [0.4, 0.5) is 0 Å². The van der Waals surface area contributed by atoms with Crippen LogP contribution in [0.3, 0.4) is 0 Å². The summed E-state index contributed by atoms with van der Waals surface area (Å²) in [7, 11) is -3.84. The van der Waals surface area contributed by atoms with Gasteiger partial charge in [-0.2, -0.15) is 4.57 Å². The van der Waals surface area contributed by atoms with Crippen molar-refractivity contribution >= 4 is 15.7 Å². The second-order valence-electron chi connectivity index (χ2n) is 7.60. The molecule has 0 fully saturated rings. The molecule has 0 amide bonds. The highest BCUT2D eigenvalue weighted by molar-refractivity contribution is 7.94. The molecule has 0 saturated heterocycles. The van der Waals surface area contributed by atoms with Crippen molar-refractivity contribution < 1.29 is 13.0 Å². The van der Waals surface area contributed by atoms with E-state index in [0.29, 0.717) is 5.70 Å². The summed E-state index contributed by atoms with van der Waals surface area (Å²) in [6, 6.07) is 30.5. The lowest BCUT2D eigenvalue weighted by molar-refractivity contribution is -0.567. The number of nitrogens with zero attached hydrogens (tertiary/aromatic N) is 2. The second-order valence-corrected chi connectivity index (χ2v) is 9.23. The van der Waals surface area contributed by atoms with E-state index < -0.39 is 10.0 Å². The molecular weight excluding hydrogens is 416 g/mol. The molecule has 0 atom stereocenters. The Bertz CT molecular complexity index is 1350. The van der Waals surface area contributed by atoms with Gasteiger partial charge >= 0.3 is 0 Å². The number of pyridine rings is 1. The molecule has 0 N–H and O–H groups in total. The molecule has 0 spiro atoms. The number of sulfonamides is 1. The number of aromatic nitrogens is 1. The van der Waals surface area contributed by atoms with Gasteiger partial charge in [0.25, 0.3) is 0 Å². The van der Waals surface area contributed by atoms with Crippen LogP contribution in [-0.4, -0.2) is 8.42 Å². The van der Waals surface area contributed by atoms with Gasteiger partial charge in [0.15, 0.2) is 11.9 Å². The lowest BCUT2D eigenvalue weighted by Crippen LogP contribution is -2.35. The van der Waals surface area contributed by atoms with E-state index in [0.717, 1.165) is 27.9 Å². The van der Waals surface area contributed by atoms with Gasteiger partial charge in [-0.3, -0.25) is 0 Å². The Labute approximate surface area is 189 Å². The highest BCUT2D eigenvalue weighted by Gasteiger charge is 2.19. The van der Waals surface area contributed by atoms with Crippen LogP contribution in [-0.2, 0) is 10.0 Å². The number of rotatable bonds is 6. The Hall–Kier alpha value is -3.70. The van der Waals surface area contributed by atoms with Crippen molar-refractivity contribution in [1.82, 2.24) is 0 Å².